The quantitative estimate of drug-likeness (QED) is 0.588. The number of phenolic OH excluding ortho intramolecular Hbond substituents is 1. The highest BCUT2D eigenvalue weighted by Crippen LogP contribution is 2.19. The maximum absolute atomic E-state index is 12.6. The summed E-state index contributed by atoms with van der Waals surface area (Å²) in [6, 6.07) is 13.1. The van der Waals surface area contributed by atoms with Gasteiger partial charge in [0.2, 0.25) is 0 Å². The van der Waals surface area contributed by atoms with E-state index in [-0.39, 0.29) is 5.75 Å². The summed E-state index contributed by atoms with van der Waals surface area (Å²) in [4.78, 5) is 24.7. The van der Waals surface area contributed by atoms with Crippen LogP contribution in [0.4, 0.5) is 0 Å². The summed E-state index contributed by atoms with van der Waals surface area (Å²) in [7, 11) is 0. The maximum atomic E-state index is 12.6. The number of hydrazine groups is 1. The first-order valence-corrected chi connectivity index (χ1v) is 8.91. The lowest BCUT2D eigenvalue weighted by molar-refractivity contribution is 0.0846. The number of carbonyl (C=O) groups is 2. The topological polar surface area (TPSA) is 96.3 Å². The molecule has 0 aliphatic heterocycles. The molecule has 3 aromatic rings. The number of hydrogen-bond donors (Lipinski definition) is 3. The van der Waals surface area contributed by atoms with Gasteiger partial charge >= 0.3 is 0 Å². The van der Waals surface area contributed by atoms with Gasteiger partial charge < -0.3 is 5.11 Å². The first kappa shape index (κ1) is 19.4. The zero-order chi connectivity index (χ0) is 20.3. The lowest BCUT2D eigenvalue weighted by Crippen LogP contribution is -2.42. The third-order valence-corrected chi connectivity index (χ3v) is 4.67. The van der Waals surface area contributed by atoms with Crippen molar-refractivity contribution in [3.05, 3.63) is 81.6 Å². The molecule has 0 fully saturated rings. The molecule has 0 atom stereocenters. The summed E-state index contributed by atoms with van der Waals surface area (Å²) in [6.07, 6.45) is 0. The number of halogens is 1. The van der Waals surface area contributed by atoms with E-state index in [0.29, 0.717) is 34.1 Å². The van der Waals surface area contributed by atoms with E-state index in [2.05, 4.69) is 16.0 Å². The van der Waals surface area contributed by atoms with E-state index >= 15 is 0 Å². The molecule has 0 aliphatic rings. The van der Waals surface area contributed by atoms with Crippen LogP contribution in [0.15, 0.2) is 48.5 Å². The second-order valence-electron chi connectivity index (χ2n) is 6.25. The molecule has 144 valence electrons. The summed E-state index contributed by atoms with van der Waals surface area (Å²) in [6.45, 7) is 3.94. The zero-order valence-electron chi connectivity index (χ0n) is 15.4. The predicted octanol–water partition coefficient (Wildman–Crippen LogP) is 2.98. The Labute approximate surface area is 166 Å². The molecule has 2 aromatic carbocycles. The maximum Gasteiger partial charge on any atom is 0.273 e. The third kappa shape index (κ3) is 4.15. The summed E-state index contributed by atoms with van der Waals surface area (Å²) >= 11 is 6.20. The molecule has 0 aliphatic carbocycles. The Morgan fingerprint density at radius 2 is 1.68 bits per heavy atom. The van der Waals surface area contributed by atoms with E-state index in [0.717, 1.165) is 5.56 Å². The summed E-state index contributed by atoms with van der Waals surface area (Å²) in [5, 5.41) is 14.3. The smallest absolute Gasteiger partial charge is 0.273 e. The van der Waals surface area contributed by atoms with Gasteiger partial charge in [0, 0.05) is 16.3 Å². The van der Waals surface area contributed by atoms with Crippen molar-refractivity contribution in [2.45, 2.75) is 20.4 Å². The minimum Gasteiger partial charge on any atom is -0.508 e. The van der Waals surface area contributed by atoms with Crippen molar-refractivity contribution < 1.29 is 14.7 Å². The van der Waals surface area contributed by atoms with Crippen molar-refractivity contribution in [3.8, 4) is 5.75 Å². The number of aromatic hydroxyl groups is 1. The van der Waals surface area contributed by atoms with Crippen molar-refractivity contribution in [3.63, 3.8) is 0 Å². The summed E-state index contributed by atoms with van der Waals surface area (Å²) in [5.74, 6) is -0.905. The normalized spacial score (nSPS) is 10.5. The number of nitrogens with one attached hydrogen (secondary N) is 2. The summed E-state index contributed by atoms with van der Waals surface area (Å²) in [5.41, 5.74) is 7.55. The van der Waals surface area contributed by atoms with Gasteiger partial charge in [-0.05, 0) is 49.7 Å². The van der Waals surface area contributed by atoms with E-state index in [4.69, 9.17) is 11.6 Å². The van der Waals surface area contributed by atoms with Crippen LogP contribution in [0.2, 0.25) is 5.02 Å². The molecular weight excluding hydrogens is 380 g/mol. The fourth-order valence-corrected chi connectivity index (χ4v) is 3.02. The lowest BCUT2D eigenvalue weighted by Gasteiger charge is -2.09. The van der Waals surface area contributed by atoms with Crippen LogP contribution in [0.5, 0.6) is 5.75 Å². The molecule has 8 heteroatoms. The largest absolute Gasteiger partial charge is 0.508 e. The Morgan fingerprint density at radius 1 is 1.04 bits per heavy atom. The van der Waals surface area contributed by atoms with Gasteiger partial charge in [0.1, 0.15) is 5.75 Å². The second kappa shape index (κ2) is 8.14. The van der Waals surface area contributed by atoms with E-state index in [1.165, 1.54) is 24.3 Å². The molecule has 1 heterocycles. The van der Waals surface area contributed by atoms with Gasteiger partial charge in [0.25, 0.3) is 11.8 Å². The van der Waals surface area contributed by atoms with Gasteiger partial charge in [-0.2, -0.15) is 5.10 Å². The van der Waals surface area contributed by atoms with E-state index in [9.17, 15) is 14.7 Å². The Balaban J connectivity index is 1.72. The molecule has 0 unspecified atom stereocenters. The number of amides is 2. The highest BCUT2D eigenvalue weighted by Gasteiger charge is 2.20. The van der Waals surface area contributed by atoms with Gasteiger partial charge in [-0.15, -0.1) is 0 Å². The number of benzene rings is 2. The number of aryl methyl sites for hydroxylation is 1. The SMILES string of the molecule is Cc1nn(Cc2ccccc2Cl)c(C)c1C(=O)NNC(=O)c1ccc(O)cc1. The molecule has 0 saturated carbocycles. The lowest BCUT2D eigenvalue weighted by atomic mass is 10.2. The fourth-order valence-electron chi connectivity index (χ4n) is 2.83. The van der Waals surface area contributed by atoms with Crippen molar-refractivity contribution in [1.82, 2.24) is 20.6 Å². The number of aromatic nitrogens is 2. The molecule has 7 nitrogen and oxygen atoms in total. The molecule has 2 amide bonds. The fraction of sp³-hybridized carbons (Fsp3) is 0.150. The van der Waals surface area contributed by atoms with E-state index in [1.54, 1.807) is 24.6 Å². The third-order valence-electron chi connectivity index (χ3n) is 4.31. The number of hydrogen-bond acceptors (Lipinski definition) is 4. The second-order valence-corrected chi connectivity index (χ2v) is 6.66. The molecule has 1 aromatic heterocycles. The van der Waals surface area contributed by atoms with Crippen LogP contribution in [0, 0.1) is 13.8 Å². The Hall–Kier alpha value is -3.32. The molecule has 0 saturated heterocycles. The van der Waals surface area contributed by atoms with Crippen LogP contribution in [-0.4, -0.2) is 26.7 Å². The zero-order valence-corrected chi connectivity index (χ0v) is 16.1. The highest BCUT2D eigenvalue weighted by molar-refractivity contribution is 6.31. The predicted molar refractivity (Wildman–Crippen MR) is 105 cm³/mol. The molecule has 3 N–H and O–H groups in total. The Morgan fingerprint density at radius 3 is 2.36 bits per heavy atom. The van der Waals surface area contributed by atoms with E-state index < -0.39 is 11.8 Å². The van der Waals surface area contributed by atoms with Crippen LogP contribution < -0.4 is 10.9 Å². The molecule has 0 spiro atoms. The van der Waals surface area contributed by atoms with Crippen LogP contribution in [0.25, 0.3) is 0 Å². The van der Waals surface area contributed by atoms with Gasteiger partial charge in [0.05, 0.1) is 17.8 Å². The molecule has 0 radical (unpaired) electrons. The van der Waals surface area contributed by atoms with Crippen molar-refractivity contribution in [1.29, 1.82) is 0 Å². The number of nitrogens with zero attached hydrogens (tertiary/aromatic N) is 2. The molecular formula is C20H19ClN4O3. The molecule has 28 heavy (non-hydrogen) atoms. The monoisotopic (exact) mass is 398 g/mol. The first-order valence-electron chi connectivity index (χ1n) is 8.54. The number of rotatable bonds is 4. The van der Waals surface area contributed by atoms with Gasteiger partial charge in [0.15, 0.2) is 0 Å². The molecule has 3 rings (SSSR count). The van der Waals surface area contributed by atoms with Crippen molar-refractivity contribution >= 4 is 23.4 Å². The average molecular weight is 399 g/mol. The van der Waals surface area contributed by atoms with Crippen molar-refractivity contribution in [2.24, 2.45) is 0 Å². The van der Waals surface area contributed by atoms with E-state index in [1.807, 2.05) is 18.2 Å². The average Bonchev–Trinajstić information content (AvgIpc) is 2.95. The number of phenols is 1. The Kier molecular flexibility index (Phi) is 5.65. The molecule has 0 bridgehead atoms. The standard InChI is InChI=1S/C20H19ClN4O3/c1-12-18(13(2)25(24-12)11-15-5-3-4-6-17(15)21)20(28)23-22-19(27)14-7-9-16(26)10-8-14/h3-10,26H,11H2,1-2H3,(H,22,27)(H,23,28). The Bertz CT molecular complexity index is 1030. The minimum absolute atomic E-state index is 0.0535. The van der Waals surface area contributed by atoms with Gasteiger partial charge in [-0.1, -0.05) is 29.8 Å². The summed E-state index contributed by atoms with van der Waals surface area (Å²) < 4.78 is 1.70. The van der Waals surface area contributed by atoms with Gasteiger partial charge in [-0.25, -0.2) is 0 Å². The van der Waals surface area contributed by atoms with Crippen molar-refractivity contribution in [2.75, 3.05) is 0 Å². The minimum atomic E-state index is -0.493. The number of carbonyl (C=O) groups excluding carboxylic acids is 2. The first-order chi connectivity index (χ1) is 13.4. The van der Waals surface area contributed by atoms with Gasteiger partial charge in [-0.3, -0.25) is 25.1 Å². The van der Waals surface area contributed by atoms with Crippen LogP contribution in [0.1, 0.15) is 37.7 Å². The highest BCUT2D eigenvalue weighted by atomic mass is 35.5. The van der Waals surface area contributed by atoms with Crippen LogP contribution in [0.3, 0.4) is 0 Å². The van der Waals surface area contributed by atoms with Crippen LogP contribution in [-0.2, 0) is 6.54 Å². The van der Waals surface area contributed by atoms with Crippen LogP contribution >= 0.6 is 11.6 Å².